The zero-order valence-corrected chi connectivity index (χ0v) is 25.5. The van der Waals surface area contributed by atoms with E-state index in [0.29, 0.717) is 84.0 Å². The van der Waals surface area contributed by atoms with Crippen LogP contribution in [0, 0.1) is 0 Å². The van der Waals surface area contributed by atoms with Gasteiger partial charge in [0.15, 0.2) is 11.5 Å². The lowest BCUT2D eigenvalue weighted by atomic mass is 9.86. The van der Waals surface area contributed by atoms with Crippen LogP contribution in [0.2, 0.25) is 10.0 Å². The zero-order chi connectivity index (χ0) is 29.9. The van der Waals surface area contributed by atoms with Crippen molar-refractivity contribution in [3.8, 4) is 17.2 Å². The number of rotatable bonds is 9. The van der Waals surface area contributed by atoms with Gasteiger partial charge in [0, 0.05) is 31.4 Å². The van der Waals surface area contributed by atoms with Crippen LogP contribution in [0.5, 0.6) is 17.2 Å². The molecule has 2 aromatic carbocycles. The zero-order valence-electron chi connectivity index (χ0n) is 23.9. The normalized spacial score (nSPS) is 20.4. The smallest absolute Gasteiger partial charge is 0.256 e. The number of hydrogen-bond acceptors (Lipinski definition) is 8. The number of likely N-dealkylation sites (tertiary alicyclic amines) is 1. The minimum atomic E-state index is -0.938. The van der Waals surface area contributed by atoms with Gasteiger partial charge in [0.2, 0.25) is 5.75 Å². The van der Waals surface area contributed by atoms with E-state index in [9.17, 15) is 9.90 Å². The number of aromatic nitrogens is 1. The number of pyridine rings is 1. The van der Waals surface area contributed by atoms with Gasteiger partial charge in [0.25, 0.3) is 5.91 Å². The second-order valence-electron chi connectivity index (χ2n) is 10.7. The van der Waals surface area contributed by atoms with Crippen LogP contribution >= 0.6 is 23.2 Å². The van der Waals surface area contributed by atoms with Crippen LogP contribution in [0.1, 0.15) is 40.9 Å². The van der Waals surface area contributed by atoms with Gasteiger partial charge < -0.3 is 33.9 Å². The highest BCUT2D eigenvalue weighted by molar-refractivity contribution is 6.42. The van der Waals surface area contributed by atoms with Crippen molar-refractivity contribution in [2.45, 2.75) is 30.5 Å². The second-order valence-corrected chi connectivity index (χ2v) is 11.5. The van der Waals surface area contributed by atoms with E-state index in [1.54, 1.807) is 29.3 Å². The molecule has 0 bridgehead atoms. The first-order chi connectivity index (χ1) is 20.2. The van der Waals surface area contributed by atoms with Gasteiger partial charge >= 0.3 is 0 Å². The summed E-state index contributed by atoms with van der Waals surface area (Å²) >= 11 is 12.7. The summed E-state index contributed by atoms with van der Waals surface area (Å²) < 4.78 is 22.8. The minimum Gasteiger partial charge on any atom is -0.493 e. The molecule has 1 amide bonds. The number of carbonyl (C=O) groups is 1. The van der Waals surface area contributed by atoms with Gasteiger partial charge in [-0.2, -0.15) is 0 Å². The molecule has 0 unspecified atom stereocenters. The first-order valence-electron chi connectivity index (χ1n) is 13.8. The molecule has 1 atom stereocenters. The second kappa shape index (κ2) is 12.7. The van der Waals surface area contributed by atoms with E-state index in [-0.39, 0.29) is 12.6 Å². The molecule has 0 saturated carbocycles. The number of methoxy groups -OCH3 is 3. The molecule has 1 N–H and O–H groups in total. The fourth-order valence-electron chi connectivity index (χ4n) is 5.75. The number of piperidine rings is 1. The molecule has 2 fully saturated rings. The molecule has 0 spiro atoms. The van der Waals surface area contributed by atoms with Crippen LogP contribution in [0.15, 0.2) is 54.7 Å². The SMILES string of the molecule is COc1cc(C(=O)N2CO[C@](CCN3CCC(O)(c4ccccn4)CC3)(c3ccc(Cl)c(Cl)c3)C2)cc(OC)c1OC. The van der Waals surface area contributed by atoms with Crippen molar-refractivity contribution in [2.75, 3.05) is 54.2 Å². The van der Waals surface area contributed by atoms with Gasteiger partial charge in [-0.05, 0) is 61.2 Å². The molecule has 3 aromatic rings. The van der Waals surface area contributed by atoms with E-state index < -0.39 is 11.2 Å². The molecule has 224 valence electrons. The molecule has 0 aliphatic carbocycles. The topological polar surface area (TPSA) is 93.6 Å². The molecule has 5 rings (SSSR count). The van der Waals surface area contributed by atoms with Crippen LogP contribution in [0.4, 0.5) is 0 Å². The first kappa shape index (κ1) is 30.4. The number of halogens is 2. The molecule has 1 aromatic heterocycles. The average Bonchev–Trinajstić information content (AvgIpc) is 3.47. The van der Waals surface area contributed by atoms with Crippen LogP contribution in [-0.4, -0.2) is 80.0 Å². The minimum absolute atomic E-state index is 0.0924. The Kier molecular flexibility index (Phi) is 9.15. The molecule has 2 aliphatic rings. The van der Waals surface area contributed by atoms with Gasteiger partial charge in [0.1, 0.15) is 17.9 Å². The van der Waals surface area contributed by atoms with Crippen molar-refractivity contribution in [1.82, 2.24) is 14.8 Å². The van der Waals surface area contributed by atoms with Crippen molar-refractivity contribution in [3.05, 3.63) is 81.6 Å². The maximum Gasteiger partial charge on any atom is 0.256 e. The molecule has 2 saturated heterocycles. The lowest BCUT2D eigenvalue weighted by molar-refractivity contribution is -0.0424. The molecule has 2 aliphatic heterocycles. The number of hydrogen-bond donors (Lipinski definition) is 1. The van der Waals surface area contributed by atoms with Crippen LogP contribution < -0.4 is 14.2 Å². The Morgan fingerprint density at radius 1 is 1.00 bits per heavy atom. The van der Waals surface area contributed by atoms with E-state index >= 15 is 0 Å². The average molecular weight is 617 g/mol. The Balaban J connectivity index is 1.35. The number of amides is 1. The summed E-state index contributed by atoms with van der Waals surface area (Å²) in [6.07, 6.45) is 3.47. The Labute approximate surface area is 255 Å². The summed E-state index contributed by atoms with van der Waals surface area (Å²) in [7, 11) is 4.54. The Morgan fingerprint density at radius 2 is 1.71 bits per heavy atom. The molecule has 11 heteroatoms. The summed E-state index contributed by atoms with van der Waals surface area (Å²) in [4.78, 5) is 22.1. The largest absolute Gasteiger partial charge is 0.493 e. The molecule has 9 nitrogen and oxygen atoms in total. The maximum atomic E-state index is 13.7. The molecular weight excluding hydrogens is 581 g/mol. The van der Waals surface area contributed by atoms with Gasteiger partial charge in [-0.3, -0.25) is 9.78 Å². The molecule has 42 heavy (non-hydrogen) atoms. The maximum absolute atomic E-state index is 13.7. The highest BCUT2D eigenvalue weighted by atomic mass is 35.5. The Hall–Kier alpha value is -3.08. The van der Waals surface area contributed by atoms with Crippen LogP contribution in [0.3, 0.4) is 0 Å². The fourth-order valence-corrected chi connectivity index (χ4v) is 6.05. The van der Waals surface area contributed by atoms with Gasteiger partial charge in [-0.1, -0.05) is 35.3 Å². The predicted molar refractivity (Wildman–Crippen MR) is 160 cm³/mol. The number of nitrogens with zero attached hydrogens (tertiary/aromatic N) is 3. The summed E-state index contributed by atoms with van der Waals surface area (Å²) in [5, 5.41) is 12.1. The van der Waals surface area contributed by atoms with E-state index in [4.69, 9.17) is 42.1 Å². The highest BCUT2D eigenvalue weighted by Gasteiger charge is 2.44. The number of ether oxygens (including phenoxy) is 4. The third-order valence-corrected chi connectivity index (χ3v) is 8.98. The molecule has 3 heterocycles. The van der Waals surface area contributed by atoms with E-state index in [2.05, 4.69) is 9.88 Å². The summed E-state index contributed by atoms with van der Waals surface area (Å²) in [5.74, 6) is 0.976. The lowest BCUT2D eigenvalue weighted by Gasteiger charge is -2.39. The Bertz CT molecular complexity index is 1390. The van der Waals surface area contributed by atoms with Gasteiger partial charge in [-0.15, -0.1) is 0 Å². The molecule has 0 radical (unpaired) electrons. The van der Waals surface area contributed by atoms with Gasteiger partial charge in [0.05, 0.1) is 43.6 Å². The summed E-state index contributed by atoms with van der Waals surface area (Å²) in [5.41, 5.74) is 0.199. The summed E-state index contributed by atoms with van der Waals surface area (Å²) in [6, 6.07) is 14.4. The van der Waals surface area contributed by atoms with Crippen LogP contribution in [-0.2, 0) is 15.9 Å². The molecular formula is C31H35Cl2N3O6. The number of benzene rings is 2. The van der Waals surface area contributed by atoms with Gasteiger partial charge in [-0.25, -0.2) is 0 Å². The Morgan fingerprint density at radius 3 is 2.31 bits per heavy atom. The van der Waals surface area contributed by atoms with E-state index in [1.807, 2.05) is 30.3 Å². The van der Waals surface area contributed by atoms with Crippen molar-refractivity contribution < 1.29 is 28.8 Å². The van der Waals surface area contributed by atoms with Crippen molar-refractivity contribution >= 4 is 29.1 Å². The quantitative estimate of drug-likeness (QED) is 0.355. The summed E-state index contributed by atoms with van der Waals surface area (Å²) in [6.45, 7) is 2.52. The third-order valence-electron chi connectivity index (χ3n) is 8.24. The lowest BCUT2D eigenvalue weighted by Crippen LogP contribution is -2.45. The predicted octanol–water partition coefficient (Wildman–Crippen LogP) is 5.11. The fraction of sp³-hybridized carbons (Fsp3) is 0.419. The highest BCUT2D eigenvalue weighted by Crippen LogP contribution is 2.42. The van der Waals surface area contributed by atoms with E-state index in [1.165, 1.54) is 21.3 Å². The number of aliphatic hydroxyl groups is 1. The number of carbonyl (C=O) groups excluding carboxylic acids is 1. The van der Waals surface area contributed by atoms with Crippen molar-refractivity contribution in [3.63, 3.8) is 0 Å². The third kappa shape index (κ3) is 6.02. The van der Waals surface area contributed by atoms with Crippen molar-refractivity contribution in [2.24, 2.45) is 0 Å². The van der Waals surface area contributed by atoms with E-state index in [0.717, 1.165) is 5.56 Å². The standard InChI is InChI=1S/C31H35Cl2N3O6/c1-39-25-16-21(17-26(40-2)28(25)41-3)29(37)36-19-31(42-20-36,22-7-8-23(32)24(33)18-22)11-15-35-13-9-30(38,10-14-35)27-6-4-5-12-34-27/h4-8,12,16-18,38H,9-11,13-15,19-20H2,1-3H3/t31-/m0/s1. The van der Waals surface area contributed by atoms with Crippen LogP contribution in [0.25, 0.3) is 0 Å². The first-order valence-corrected chi connectivity index (χ1v) is 14.5. The van der Waals surface area contributed by atoms with Crippen molar-refractivity contribution in [1.29, 1.82) is 0 Å². The monoisotopic (exact) mass is 615 g/mol.